The van der Waals surface area contributed by atoms with Crippen LogP contribution < -0.4 is 10.1 Å². The van der Waals surface area contributed by atoms with Gasteiger partial charge >= 0.3 is 0 Å². The Hall–Kier alpha value is -1.06. The Balaban J connectivity index is 1.80. The molecule has 1 aromatic rings. The number of para-hydroxylation sites is 1. The first kappa shape index (κ1) is 13.9. The third-order valence-corrected chi connectivity index (χ3v) is 4.67. The Morgan fingerprint density at radius 3 is 2.65 bits per heavy atom. The van der Waals surface area contributed by atoms with Gasteiger partial charge in [0, 0.05) is 18.7 Å². The number of ether oxygens (including phenoxy) is 2. The lowest BCUT2D eigenvalue weighted by Crippen LogP contribution is -2.50. The second kappa shape index (κ2) is 6.15. The largest absolute Gasteiger partial charge is 0.496 e. The van der Waals surface area contributed by atoms with Gasteiger partial charge in [-0.15, -0.1) is 0 Å². The van der Waals surface area contributed by atoms with Gasteiger partial charge in [0.25, 0.3) is 0 Å². The van der Waals surface area contributed by atoms with E-state index < -0.39 is 0 Å². The average Bonchev–Trinajstić information content (AvgIpc) is 2.73. The van der Waals surface area contributed by atoms with E-state index in [4.69, 9.17) is 9.47 Å². The highest BCUT2D eigenvalue weighted by molar-refractivity contribution is 5.35. The molecule has 1 atom stereocenters. The van der Waals surface area contributed by atoms with Crippen LogP contribution in [0.1, 0.15) is 50.2 Å². The van der Waals surface area contributed by atoms with Gasteiger partial charge in [0.1, 0.15) is 5.75 Å². The fourth-order valence-corrected chi connectivity index (χ4v) is 3.59. The van der Waals surface area contributed by atoms with E-state index in [0.717, 1.165) is 18.8 Å². The van der Waals surface area contributed by atoms with E-state index in [1.54, 1.807) is 7.11 Å². The number of hydrogen-bond donors (Lipinski definition) is 1. The van der Waals surface area contributed by atoms with Crippen molar-refractivity contribution in [2.24, 2.45) is 0 Å². The molecule has 1 heterocycles. The molecular formula is C17H25NO2. The van der Waals surface area contributed by atoms with Gasteiger partial charge in [-0.1, -0.05) is 43.9 Å². The first-order valence-electron chi connectivity index (χ1n) is 7.84. The van der Waals surface area contributed by atoms with Gasteiger partial charge in [0.05, 0.1) is 18.8 Å². The lowest BCUT2D eigenvalue weighted by atomic mass is 9.91. The summed E-state index contributed by atoms with van der Waals surface area (Å²) < 4.78 is 12.1. The van der Waals surface area contributed by atoms with Crippen molar-refractivity contribution < 1.29 is 9.47 Å². The maximum atomic E-state index is 6.58. The van der Waals surface area contributed by atoms with Crippen molar-refractivity contribution in [3.05, 3.63) is 29.8 Å². The van der Waals surface area contributed by atoms with Crippen molar-refractivity contribution in [2.45, 2.75) is 50.2 Å². The number of morpholine rings is 1. The van der Waals surface area contributed by atoms with Gasteiger partial charge in [0.2, 0.25) is 0 Å². The molecule has 2 fully saturated rings. The molecule has 0 amide bonds. The standard InChI is InChI=1S/C17H25NO2/c1-19-15-9-5-4-8-14(15)16-12-18-13-17(20-16)10-6-2-3-7-11-17/h4-5,8-9,16,18H,2-3,6-7,10-13H2,1H3. The summed E-state index contributed by atoms with van der Waals surface area (Å²) in [6, 6.07) is 8.23. The van der Waals surface area contributed by atoms with Gasteiger partial charge in [-0.2, -0.15) is 0 Å². The lowest BCUT2D eigenvalue weighted by molar-refractivity contribution is -0.126. The summed E-state index contributed by atoms with van der Waals surface area (Å²) in [4.78, 5) is 0. The van der Waals surface area contributed by atoms with Crippen LogP contribution in [-0.4, -0.2) is 25.8 Å². The van der Waals surface area contributed by atoms with Crippen LogP contribution in [0.3, 0.4) is 0 Å². The fourth-order valence-electron chi connectivity index (χ4n) is 3.59. The number of hydrogen-bond acceptors (Lipinski definition) is 3. The van der Waals surface area contributed by atoms with Crippen molar-refractivity contribution in [2.75, 3.05) is 20.2 Å². The molecule has 3 nitrogen and oxygen atoms in total. The normalized spacial score (nSPS) is 26.1. The van der Waals surface area contributed by atoms with Crippen molar-refractivity contribution in [3.8, 4) is 5.75 Å². The minimum atomic E-state index is 0.0419. The van der Waals surface area contributed by atoms with Crippen molar-refractivity contribution >= 4 is 0 Å². The van der Waals surface area contributed by atoms with Gasteiger partial charge in [0.15, 0.2) is 0 Å². The summed E-state index contributed by atoms with van der Waals surface area (Å²) in [7, 11) is 1.73. The van der Waals surface area contributed by atoms with Crippen LogP contribution in [0.2, 0.25) is 0 Å². The molecule has 1 saturated heterocycles. The Bertz CT molecular complexity index is 438. The zero-order valence-corrected chi connectivity index (χ0v) is 12.4. The Morgan fingerprint density at radius 2 is 1.90 bits per heavy atom. The summed E-state index contributed by atoms with van der Waals surface area (Å²) in [5.41, 5.74) is 1.21. The van der Waals surface area contributed by atoms with Crippen LogP contribution in [0.15, 0.2) is 24.3 Å². The average molecular weight is 275 g/mol. The van der Waals surface area contributed by atoms with Crippen LogP contribution in [0.4, 0.5) is 0 Å². The Morgan fingerprint density at radius 1 is 1.15 bits per heavy atom. The first-order valence-corrected chi connectivity index (χ1v) is 7.84. The molecule has 1 spiro atoms. The summed E-state index contributed by atoms with van der Waals surface area (Å²) in [6.07, 6.45) is 7.77. The lowest BCUT2D eigenvalue weighted by Gasteiger charge is -2.42. The first-order chi connectivity index (χ1) is 9.83. The van der Waals surface area contributed by atoms with Gasteiger partial charge in [-0.3, -0.25) is 0 Å². The molecule has 1 aliphatic carbocycles. The highest BCUT2D eigenvalue weighted by Crippen LogP contribution is 2.39. The molecule has 3 rings (SSSR count). The van der Waals surface area contributed by atoms with Gasteiger partial charge in [-0.25, -0.2) is 0 Å². The van der Waals surface area contributed by atoms with E-state index in [1.165, 1.54) is 44.1 Å². The minimum Gasteiger partial charge on any atom is -0.496 e. The van der Waals surface area contributed by atoms with E-state index in [1.807, 2.05) is 12.1 Å². The van der Waals surface area contributed by atoms with E-state index in [9.17, 15) is 0 Å². The zero-order valence-electron chi connectivity index (χ0n) is 12.4. The van der Waals surface area contributed by atoms with E-state index >= 15 is 0 Å². The molecule has 0 radical (unpaired) electrons. The smallest absolute Gasteiger partial charge is 0.124 e. The minimum absolute atomic E-state index is 0.0419. The monoisotopic (exact) mass is 275 g/mol. The van der Waals surface area contributed by atoms with E-state index in [2.05, 4.69) is 17.4 Å². The zero-order chi connectivity index (χ0) is 13.8. The summed E-state index contributed by atoms with van der Waals surface area (Å²) >= 11 is 0. The maximum absolute atomic E-state index is 6.58. The molecular weight excluding hydrogens is 250 g/mol. The van der Waals surface area contributed by atoms with Crippen LogP contribution in [0.5, 0.6) is 5.75 Å². The maximum Gasteiger partial charge on any atom is 0.124 e. The van der Waals surface area contributed by atoms with Crippen molar-refractivity contribution in [1.29, 1.82) is 0 Å². The quantitative estimate of drug-likeness (QED) is 0.896. The van der Waals surface area contributed by atoms with E-state index in [0.29, 0.717) is 0 Å². The number of nitrogens with one attached hydrogen (secondary N) is 1. The predicted octanol–water partition coefficient (Wildman–Crippen LogP) is 3.45. The number of benzene rings is 1. The van der Waals surface area contributed by atoms with Crippen LogP contribution in [0.25, 0.3) is 0 Å². The van der Waals surface area contributed by atoms with Gasteiger partial charge < -0.3 is 14.8 Å². The summed E-state index contributed by atoms with van der Waals surface area (Å²) in [6.45, 7) is 1.88. The molecule has 1 unspecified atom stereocenters. The summed E-state index contributed by atoms with van der Waals surface area (Å²) in [5, 5.41) is 3.59. The molecule has 1 aromatic carbocycles. The molecule has 1 aliphatic heterocycles. The van der Waals surface area contributed by atoms with Crippen molar-refractivity contribution in [3.63, 3.8) is 0 Å². The molecule has 2 aliphatic rings. The Kier molecular flexibility index (Phi) is 4.27. The molecule has 0 bridgehead atoms. The van der Waals surface area contributed by atoms with Crippen molar-refractivity contribution in [1.82, 2.24) is 5.32 Å². The SMILES string of the molecule is COc1ccccc1C1CNCC2(CCCCCC2)O1. The molecule has 110 valence electrons. The van der Waals surface area contributed by atoms with E-state index in [-0.39, 0.29) is 11.7 Å². The fraction of sp³-hybridized carbons (Fsp3) is 0.647. The molecule has 3 heteroatoms. The molecule has 20 heavy (non-hydrogen) atoms. The van der Waals surface area contributed by atoms with Gasteiger partial charge in [-0.05, 0) is 18.9 Å². The number of rotatable bonds is 2. The molecule has 1 N–H and O–H groups in total. The topological polar surface area (TPSA) is 30.5 Å². The molecule has 0 aromatic heterocycles. The second-order valence-electron chi connectivity index (χ2n) is 6.08. The van der Waals surface area contributed by atoms with Crippen LogP contribution in [0, 0.1) is 0 Å². The highest BCUT2D eigenvalue weighted by atomic mass is 16.5. The van der Waals surface area contributed by atoms with Crippen LogP contribution in [-0.2, 0) is 4.74 Å². The predicted molar refractivity (Wildman–Crippen MR) is 80.1 cm³/mol. The molecule has 1 saturated carbocycles. The third-order valence-electron chi connectivity index (χ3n) is 4.67. The number of methoxy groups -OCH3 is 1. The summed E-state index contributed by atoms with van der Waals surface area (Å²) in [5.74, 6) is 0.935. The van der Waals surface area contributed by atoms with Crippen LogP contribution >= 0.6 is 0 Å². The Labute approximate surface area is 121 Å². The highest BCUT2D eigenvalue weighted by Gasteiger charge is 2.38. The third kappa shape index (κ3) is 2.84. The second-order valence-corrected chi connectivity index (χ2v) is 6.08.